The van der Waals surface area contributed by atoms with Crippen LogP contribution in [0.25, 0.3) is 22.0 Å². The number of benzene rings is 1. The summed E-state index contributed by atoms with van der Waals surface area (Å²) in [5, 5.41) is 9.99. The largest absolute Gasteiger partial charge is 0.433 e. The molecule has 0 saturated carbocycles. The van der Waals surface area contributed by atoms with E-state index in [9.17, 15) is 18.0 Å². The number of piperazine rings is 1. The van der Waals surface area contributed by atoms with Gasteiger partial charge in [0.1, 0.15) is 22.9 Å². The molecule has 3 aromatic heterocycles. The highest BCUT2D eigenvalue weighted by Gasteiger charge is 2.33. The lowest BCUT2D eigenvalue weighted by Crippen LogP contribution is -2.49. The number of aryl methyl sites for hydroxylation is 2. The smallest absolute Gasteiger partial charge is 0.359 e. The van der Waals surface area contributed by atoms with Crippen molar-refractivity contribution in [1.82, 2.24) is 25.3 Å². The van der Waals surface area contributed by atoms with Crippen molar-refractivity contribution in [2.45, 2.75) is 20.0 Å². The number of hydrogen-bond acceptors (Lipinski definition) is 7. The Morgan fingerprint density at radius 2 is 1.79 bits per heavy atom. The Hall–Kier alpha value is -4.19. The third kappa shape index (κ3) is 5.80. The van der Waals surface area contributed by atoms with E-state index in [0.717, 1.165) is 11.6 Å². The number of carbonyl (C=O) groups is 1. The third-order valence-electron chi connectivity index (χ3n) is 6.74. The standard InChI is InChI=1S/C27H28F3N7O2/c1-17-23(18(2)39-35-17)34-26(38)31-10-11-36-12-14-37(15-13-36)25-20-8-9-22(27(28,29)30)33-24(20)21(16-32-25)19-6-4-3-5-7-19/h3-9,16H,10-15H2,1-2H3,(H2,31,34,38). The van der Waals surface area contributed by atoms with Gasteiger partial charge in [-0.3, -0.25) is 4.90 Å². The quantitative estimate of drug-likeness (QED) is 0.361. The molecule has 9 nitrogen and oxygen atoms in total. The van der Waals surface area contributed by atoms with Crippen molar-refractivity contribution in [2.75, 3.05) is 49.5 Å². The second-order valence-corrected chi connectivity index (χ2v) is 9.36. The summed E-state index contributed by atoms with van der Waals surface area (Å²) < 4.78 is 45.5. The van der Waals surface area contributed by atoms with Gasteiger partial charge in [-0.1, -0.05) is 35.5 Å². The van der Waals surface area contributed by atoms with Crippen molar-refractivity contribution >= 4 is 28.4 Å². The molecular formula is C27H28F3N7O2. The van der Waals surface area contributed by atoms with Crippen LogP contribution in [0.5, 0.6) is 0 Å². The molecule has 1 aliphatic heterocycles. The number of fused-ring (bicyclic) bond motifs is 1. The van der Waals surface area contributed by atoms with Crippen LogP contribution in [0, 0.1) is 13.8 Å². The predicted molar refractivity (Wildman–Crippen MR) is 142 cm³/mol. The van der Waals surface area contributed by atoms with E-state index < -0.39 is 11.9 Å². The Morgan fingerprint density at radius 1 is 1.05 bits per heavy atom. The topological polar surface area (TPSA) is 99.4 Å². The molecule has 5 rings (SSSR count). The molecule has 12 heteroatoms. The van der Waals surface area contributed by atoms with Crippen LogP contribution in [0.1, 0.15) is 17.1 Å². The molecule has 0 unspecified atom stereocenters. The number of rotatable bonds is 6. The lowest BCUT2D eigenvalue weighted by atomic mass is 10.0. The number of alkyl halides is 3. The van der Waals surface area contributed by atoms with E-state index in [2.05, 4.69) is 35.6 Å². The van der Waals surface area contributed by atoms with Crippen LogP contribution < -0.4 is 15.5 Å². The second kappa shape index (κ2) is 10.9. The molecule has 204 valence electrons. The van der Waals surface area contributed by atoms with Gasteiger partial charge in [-0.05, 0) is 31.5 Å². The predicted octanol–water partition coefficient (Wildman–Crippen LogP) is 4.86. The zero-order valence-corrected chi connectivity index (χ0v) is 21.5. The fourth-order valence-corrected chi connectivity index (χ4v) is 4.67. The van der Waals surface area contributed by atoms with E-state index in [4.69, 9.17) is 4.52 Å². The molecule has 1 saturated heterocycles. The zero-order valence-electron chi connectivity index (χ0n) is 21.5. The van der Waals surface area contributed by atoms with Gasteiger partial charge in [0.2, 0.25) is 0 Å². The minimum atomic E-state index is -4.55. The molecule has 4 aromatic rings. The minimum Gasteiger partial charge on any atom is -0.359 e. The third-order valence-corrected chi connectivity index (χ3v) is 6.74. The normalized spacial score (nSPS) is 14.5. The lowest BCUT2D eigenvalue weighted by molar-refractivity contribution is -0.140. The molecule has 1 aliphatic rings. The summed E-state index contributed by atoms with van der Waals surface area (Å²) in [6.45, 7) is 7.29. The van der Waals surface area contributed by atoms with Crippen LogP contribution in [0.15, 0.2) is 53.2 Å². The molecule has 0 atom stereocenters. The van der Waals surface area contributed by atoms with Gasteiger partial charge in [0.25, 0.3) is 0 Å². The van der Waals surface area contributed by atoms with E-state index in [1.54, 1.807) is 20.0 Å². The summed E-state index contributed by atoms with van der Waals surface area (Å²) in [5.74, 6) is 1.16. The summed E-state index contributed by atoms with van der Waals surface area (Å²) in [4.78, 5) is 25.2. The maximum atomic E-state index is 13.5. The van der Waals surface area contributed by atoms with E-state index in [0.29, 0.717) is 73.2 Å². The van der Waals surface area contributed by atoms with Crippen LogP contribution in [0.3, 0.4) is 0 Å². The van der Waals surface area contributed by atoms with E-state index in [1.807, 2.05) is 30.3 Å². The van der Waals surface area contributed by atoms with Crippen molar-refractivity contribution in [3.8, 4) is 11.1 Å². The fraction of sp³-hybridized carbons (Fsp3) is 0.333. The number of anilines is 2. The molecular weight excluding hydrogens is 511 g/mol. The number of carbonyl (C=O) groups excluding carboxylic acids is 1. The number of amides is 2. The van der Waals surface area contributed by atoms with Crippen molar-refractivity contribution in [3.05, 3.63) is 65.8 Å². The molecule has 0 aliphatic carbocycles. The van der Waals surface area contributed by atoms with Gasteiger partial charge in [0.15, 0.2) is 5.76 Å². The maximum Gasteiger partial charge on any atom is 0.433 e. The molecule has 2 N–H and O–H groups in total. The number of pyridine rings is 2. The van der Waals surface area contributed by atoms with Gasteiger partial charge in [-0.25, -0.2) is 14.8 Å². The van der Waals surface area contributed by atoms with Crippen molar-refractivity contribution in [2.24, 2.45) is 0 Å². The fourth-order valence-electron chi connectivity index (χ4n) is 4.67. The monoisotopic (exact) mass is 539 g/mol. The summed E-state index contributed by atoms with van der Waals surface area (Å²) in [6, 6.07) is 11.3. The van der Waals surface area contributed by atoms with E-state index >= 15 is 0 Å². The Morgan fingerprint density at radius 3 is 2.46 bits per heavy atom. The Balaban J connectivity index is 1.25. The molecule has 0 radical (unpaired) electrons. The number of urea groups is 1. The summed E-state index contributed by atoms with van der Waals surface area (Å²) >= 11 is 0. The number of halogens is 3. The highest BCUT2D eigenvalue weighted by molar-refractivity contribution is 5.99. The van der Waals surface area contributed by atoms with E-state index in [1.165, 1.54) is 6.07 Å². The number of nitrogens with one attached hydrogen (secondary N) is 2. The number of aromatic nitrogens is 3. The highest BCUT2D eigenvalue weighted by atomic mass is 19.4. The molecule has 2 amide bonds. The zero-order chi connectivity index (χ0) is 27.6. The number of nitrogens with zero attached hydrogens (tertiary/aromatic N) is 5. The first-order chi connectivity index (χ1) is 18.7. The number of hydrogen-bond donors (Lipinski definition) is 2. The Kier molecular flexibility index (Phi) is 7.38. The molecule has 0 bridgehead atoms. The van der Waals surface area contributed by atoms with Gasteiger partial charge in [0.05, 0.1) is 5.52 Å². The van der Waals surface area contributed by atoms with Gasteiger partial charge in [-0.2, -0.15) is 13.2 Å². The highest BCUT2D eigenvalue weighted by Crippen LogP contribution is 2.36. The van der Waals surface area contributed by atoms with Crippen molar-refractivity contribution < 1.29 is 22.5 Å². The van der Waals surface area contributed by atoms with Crippen molar-refractivity contribution in [1.29, 1.82) is 0 Å². The van der Waals surface area contributed by atoms with Crippen LogP contribution in [-0.2, 0) is 6.18 Å². The summed E-state index contributed by atoms with van der Waals surface area (Å²) in [7, 11) is 0. The van der Waals surface area contributed by atoms with Gasteiger partial charge < -0.3 is 20.1 Å². The van der Waals surface area contributed by atoms with Crippen LogP contribution in [0.2, 0.25) is 0 Å². The minimum absolute atomic E-state index is 0.275. The van der Waals surface area contributed by atoms with Gasteiger partial charge in [0, 0.05) is 56.4 Å². The van der Waals surface area contributed by atoms with Gasteiger partial charge >= 0.3 is 12.2 Å². The average molecular weight is 540 g/mol. The molecule has 39 heavy (non-hydrogen) atoms. The average Bonchev–Trinajstić information content (AvgIpc) is 3.24. The Labute approximate surface area is 223 Å². The first kappa shape index (κ1) is 26.4. The van der Waals surface area contributed by atoms with Crippen LogP contribution in [-0.4, -0.2) is 65.3 Å². The summed E-state index contributed by atoms with van der Waals surface area (Å²) in [5.41, 5.74) is 1.83. The first-order valence-electron chi connectivity index (χ1n) is 12.6. The first-order valence-corrected chi connectivity index (χ1v) is 12.6. The SMILES string of the molecule is Cc1noc(C)c1NC(=O)NCCN1CCN(c2ncc(-c3ccccc3)c3nc(C(F)(F)F)ccc23)CC1. The second-order valence-electron chi connectivity index (χ2n) is 9.36. The Bertz CT molecular complexity index is 1450. The molecule has 0 spiro atoms. The van der Waals surface area contributed by atoms with Crippen LogP contribution >= 0.6 is 0 Å². The maximum absolute atomic E-state index is 13.5. The molecule has 4 heterocycles. The van der Waals surface area contributed by atoms with Crippen molar-refractivity contribution in [3.63, 3.8) is 0 Å². The van der Waals surface area contributed by atoms with E-state index in [-0.39, 0.29) is 11.5 Å². The van der Waals surface area contributed by atoms with Crippen LogP contribution in [0.4, 0.5) is 29.5 Å². The summed E-state index contributed by atoms with van der Waals surface area (Å²) in [6.07, 6.45) is -2.94. The molecule has 1 aromatic carbocycles. The lowest BCUT2D eigenvalue weighted by Gasteiger charge is -2.36. The molecule has 1 fully saturated rings. The van der Waals surface area contributed by atoms with Gasteiger partial charge in [-0.15, -0.1) is 0 Å².